The lowest BCUT2D eigenvalue weighted by Crippen LogP contribution is -2.40. The zero-order chi connectivity index (χ0) is 21.3. The Hall–Kier alpha value is -2.24. The number of hydrogen-bond acceptors (Lipinski definition) is 4. The van der Waals surface area contributed by atoms with Gasteiger partial charge in [-0.1, -0.05) is 6.07 Å². The molecule has 4 rings (SSSR count). The third-order valence-electron chi connectivity index (χ3n) is 7.08. The second-order valence-electron chi connectivity index (χ2n) is 9.60. The number of benzene rings is 1. The molecule has 1 aliphatic heterocycles. The Labute approximate surface area is 178 Å². The van der Waals surface area contributed by atoms with Crippen molar-refractivity contribution in [2.24, 2.45) is 17.8 Å². The Bertz CT molecular complexity index is 795. The molecule has 6 heteroatoms. The molecule has 6 nitrogen and oxygen atoms in total. The second-order valence-corrected chi connectivity index (χ2v) is 9.60. The number of piperidine rings is 1. The van der Waals surface area contributed by atoms with Crippen molar-refractivity contribution in [1.29, 1.82) is 0 Å². The van der Waals surface area contributed by atoms with Gasteiger partial charge in [-0.25, -0.2) is 4.79 Å². The summed E-state index contributed by atoms with van der Waals surface area (Å²) in [5.41, 5.74) is 1.60. The van der Waals surface area contributed by atoms with Crippen molar-refractivity contribution in [3.05, 3.63) is 29.3 Å². The number of carboxylic acids is 1. The molecule has 1 aromatic carbocycles. The standard InChI is InChI=1S/C24H33NO5/c1-16-13-20(4-3-18(16)15-22(26)27)29-12-7-19-14-21(19)17-5-10-25(11-6-17)23(28)30-24(2)8-9-24/h3-4,13,17,19,21H,5-12,14-15H2,1-2H3,(H,26,27). The molecule has 1 heterocycles. The maximum absolute atomic E-state index is 12.2. The smallest absolute Gasteiger partial charge is 0.410 e. The maximum atomic E-state index is 12.2. The van der Waals surface area contributed by atoms with Gasteiger partial charge in [0.25, 0.3) is 0 Å². The van der Waals surface area contributed by atoms with Gasteiger partial charge in [-0.2, -0.15) is 0 Å². The molecule has 3 aliphatic rings. The van der Waals surface area contributed by atoms with Gasteiger partial charge >= 0.3 is 12.1 Å². The number of aliphatic carboxylic acids is 1. The average Bonchev–Trinajstić information content (AvgIpc) is 3.62. The van der Waals surface area contributed by atoms with Crippen molar-refractivity contribution in [3.8, 4) is 5.75 Å². The fraction of sp³-hybridized carbons (Fsp3) is 0.667. The molecule has 1 amide bonds. The number of hydrogen-bond donors (Lipinski definition) is 1. The summed E-state index contributed by atoms with van der Waals surface area (Å²) in [5, 5.41) is 8.93. The van der Waals surface area contributed by atoms with Crippen LogP contribution in [0.3, 0.4) is 0 Å². The fourth-order valence-corrected chi connectivity index (χ4v) is 4.69. The van der Waals surface area contributed by atoms with Crippen molar-refractivity contribution >= 4 is 12.1 Å². The van der Waals surface area contributed by atoms with E-state index in [9.17, 15) is 9.59 Å². The Morgan fingerprint density at radius 2 is 1.97 bits per heavy atom. The number of rotatable bonds is 8. The van der Waals surface area contributed by atoms with Crippen LogP contribution in [0.15, 0.2) is 18.2 Å². The fourth-order valence-electron chi connectivity index (χ4n) is 4.69. The van der Waals surface area contributed by atoms with E-state index < -0.39 is 5.97 Å². The number of nitrogens with zero attached hydrogens (tertiary/aromatic N) is 1. The van der Waals surface area contributed by atoms with E-state index in [0.717, 1.165) is 73.9 Å². The highest BCUT2D eigenvalue weighted by molar-refractivity contribution is 5.71. The Kier molecular flexibility index (Phi) is 5.94. The van der Waals surface area contributed by atoms with Gasteiger partial charge in [-0.05, 0) is 93.4 Å². The molecular formula is C24H33NO5. The number of carboxylic acid groups (broad SMARTS) is 1. The van der Waals surface area contributed by atoms with Crippen LogP contribution in [0.2, 0.25) is 0 Å². The first kappa shape index (κ1) is 21.0. The van der Waals surface area contributed by atoms with E-state index >= 15 is 0 Å². The molecule has 0 spiro atoms. The van der Waals surface area contributed by atoms with Crippen molar-refractivity contribution < 1.29 is 24.2 Å². The van der Waals surface area contributed by atoms with Crippen molar-refractivity contribution in [2.45, 2.75) is 64.4 Å². The third kappa shape index (κ3) is 5.27. The molecule has 1 N–H and O–H groups in total. The van der Waals surface area contributed by atoms with Crippen LogP contribution in [0.1, 0.15) is 56.6 Å². The van der Waals surface area contributed by atoms with E-state index in [1.165, 1.54) is 6.42 Å². The van der Waals surface area contributed by atoms with E-state index in [-0.39, 0.29) is 18.1 Å². The van der Waals surface area contributed by atoms with Gasteiger partial charge in [-0.3, -0.25) is 4.79 Å². The second kappa shape index (κ2) is 8.48. The van der Waals surface area contributed by atoms with Gasteiger partial charge in [0.05, 0.1) is 13.0 Å². The molecule has 2 atom stereocenters. The lowest BCUT2D eigenvalue weighted by molar-refractivity contribution is -0.136. The molecule has 2 aliphatic carbocycles. The Morgan fingerprint density at radius 1 is 1.23 bits per heavy atom. The van der Waals surface area contributed by atoms with Crippen LogP contribution >= 0.6 is 0 Å². The number of amides is 1. The predicted molar refractivity (Wildman–Crippen MR) is 113 cm³/mol. The minimum absolute atomic E-state index is 0.0473. The third-order valence-corrected chi connectivity index (χ3v) is 7.08. The molecule has 0 radical (unpaired) electrons. The summed E-state index contributed by atoms with van der Waals surface area (Å²) in [4.78, 5) is 25.0. The van der Waals surface area contributed by atoms with Crippen LogP contribution < -0.4 is 4.74 Å². The Morgan fingerprint density at radius 3 is 2.60 bits per heavy atom. The molecule has 1 saturated heterocycles. The predicted octanol–water partition coefficient (Wildman–Crippen LogP) is 4.43. The molecule has 0 bridgehead atoms. The molecule has 1 aromatic rings. The molecule has 2 unspecified atom stereocenters. The zero-order valence-electron chi connectivity index (χ0n) is 18.1. The number of carbonyl (C=O) groups is 2. The monoisotopic (exact) mass is 415 g/mol. The van der Waals surface area contributed by atoms with Crippen LogP contribution in [0, 0.1) is 24.7 Å². The highest BCUT2D eigenvalue weighted by Crippen LogP contribution is 2.50. The number of ether oxygens (including phenoxy) is 2. The van der Waals surface area contributed by atoms with E-state index in [4.69, 9.17) is 14.6 Å². The van der Waals surface area contributed by atoms with Crippen LogP contribution in [-0.4, -0.2) is 47.4 Å². The highest BCUT2D eigenvalue weighted by Gasteiger charge is 2.45. The first-order valence-corrected chi connectivity index (χ1v) is 11.2. The summed E-state index contributed by atoms with van der Waals surface area (Å²) in [7, 11) is 0. The first-order valence-electron chi connectivity index (χ1n) is 11.2. The molecule has 164 valence electrons. The number of likely N-dealkylation sites (tertiary alicyclic amines) is 1. The summed E-state index contributed by atoms with van der Waals surface area (Å²) in [6.07, 6.45) is 6.40. The molecule has 0 aromatic heterocycles. The topological polar surface area (TPSA) is 76.1 Å². The van der Waals surface area contributed by atoms with Crippen LogP contribution in [0.5, 0.6) is 5.75 Å². The lowest BCUT2D eigenvalue weighted by Gasteiger charge is -2.32. The molecular weight excluding hydrogens is 382 g/mol. The summed E-state index contributed by atoms with van der Waals surface area (Å²) in [6.45, 7) is 6.28. The van der Waals surface area contributed by atoms with Gasteiger partial charge in [0.1, 0.15) is 11.4 Å². The average molecular weight is 416 g/mol. The van der Waals surface area contributed by atoms with E-state index in [2.05, 4.69) is 0 Å². The van der Waals surface area contributed by atoms with Crippen molar-refractivity contribution in [3.63, 3.8) is 0 Å². The summed E-state index contributed by atoms with van der Waals surface area (Å²) in [5.74, 6) is 2.22. The summed E-state index contributed by atoms with van der Waals surface area (Å²) in [6, 6.07) is 5.65. The summed E-state index contributed by atoms with van der Waals surface area (Å²) >= 11 is 0. The van der Waals surface area contributed by atoms with Crippen LogP contribution in [-0.2, 0) is 16.0 Å². The maximum Gasteiger partial charge on any atom is 0.410 e. The Balaban J connectivity index is 1.14. The largest absolute Gasteiger partial charge is 0.494 e. The molecule has 30 heavy (non-hydrogen) atoms. The van der Waals surface area contributed by atoms with Crippen molar-refractivity contribution in [2.75, 3.05) is 19.7 Å². The number of aryl methyl sites for hydroxylation is 1. The van der Waals surface area contributed by atoms with Gasteiger partial charge in [0, 0.05) is 13.1 Å². The van der Waals surface area contributed by atoms with Gasteiger partial charge in [-0.15, -0.1) is 0 Å². The minimum Gasteiger partial charge on any atom is -0.494 e. The zero-order valence-corrected chi connectivity index (χ0v) is 18.1. The quantitative estimate of drug-likeness (QED) is 0.680. The van der Waals surface area contributed by atoms with E-state index in [0.29, 0.717) is 12.5 Å². The lowest BCUT2D eigenvalue weighted by atomic mass is 9.91. The highest BCUT2D eigenvalue weighted by atomic mass is 16.6. The van der Waals surface area contributed by atoms with Gasteiger partial charge in [0.15, 0.2) is 0 Å². The van der Waals surface area contributed by atoms with Gasteiger partial charge < -0.3 is 19.5 Å². The van der Waals surface area contributed by atoms with Crippen LogP contribution in [0.4, 0.5) is 4.79 Å². The number of carbonyl (C=O) groups excluding carboxylic acids is 1. The minimum atomic E-state index is -0.813. The van der Waals surface area contributed by atoms with Crippen molar-refractivity contribution in [1.82, 2.24) is 4.90 Å². The first-order chi connectivity index (χ1) is 14.3. The summed E-state index contributed by atoms with van der Waals surface area (Å²) < 4.78 is 11.5. The molecule has 3 fully saturated rings. The SMILES string of the molecule is Cc1cc(OCCC2CC2C2CCN(C(=O)OC3(C)CC3)CC2)ccc1CC(=O)O. The molecule has 2 saturated carbocycles. The van der Waals surface area contributed by atoms with Gasteiger partial charge in [0.2, 0.25) is 0 Å². The van der Waals surface area contributed by atoms with E-state index in [1.807, 2.05) is 36.9 Å². The van der Waals surface area contributed by atoms with E-state index in [1.54, 1.807) is 0 Å². The normalized spacial score (nSPS) is 24.9. The van der Waals surface area contributed by atoms with Crippen LogP contribution in [0.25, 0.3) is 0 Å².